The van der Waals surface area contributed by atoms with Crippen molar-refractivity contribution in [2.24, 2.45) is 5.10 Å². The molecule has 3 nitrogen and oxygen atoms in total. The van der Waals surface area contributed by atoms with Gasteiger partial charge in [0.1, 0.15) is 5.75 Å². The summed E-state index contributed by atoms with van der Waals surface area (Å²) in [6, 6.07) is 14.1. The molecular formula is C13H11ClN2O. The molecule has 0 bridgehead atoms. The van der Waals surface area contributed by atoms with Gasteiger partial charge >= 0.3 is 0 Å². The fourth-order valence-electron chi connectivity index (χ4n) is 1.30. The van der Waals surface area contributed by atoms with E-state index >= 15 is 0 Å². The molecule has 2 N–H and O–H groups in total. The van der Waals surface area contributed by atoms with Crippen LogP contribution in [-0.4, -0.2) is 11.3 Å². The van der Waals surface area contributed by atoms with Gasteiger partial charge in [-0.3, -0.25) is 5.43 Å². The largest absolute Gasteiger partial charge is 0.508 e. The van der Waals surface area contributed by atoms with E-state index in [0.717, 1.165) is 11.3 Å². The monoisotopic (exact) mass is 246 g/mol. The van der Waals surface area contributed by atoms with Crippen molar-refractivity contribution in [1.82, 2.24) is 0 Å². The lowest BCUT2D eigenvalue weighted by atomic mass is 10.2. The topological polar surface area (TPSA) is 44.6 Å². The Bertz CT molecular complexity index is 523. The summed E-state index contributed by atoms with van der Waals surface area (Å²) in [7, 11) is 0. The maximum Gasteiger partial charge on any atom is 0.115 e. The Morgan fingerprint density at radius 3 is 2.59 bits per heavy atom. The maximum absolute atomic E-state index is 9.12. The van der Waals surface area contributed by atoms with Gasteiger partial charge in [-0.1, -0.05) is 17.7 Å². The fraction of sp³-hybridized carbons (Fsp3) is 0. The van der Waals surface area contributed by atoms with Gasteiger partial charge in [0.05, 0.1) is 11.9 Å². The zero-order chi connectivity index (χ0) is 12.1. The zero-order valence-electron chi connectivity index (χ0n) is 8.97. The molecule has 2 rings (SSSR count). The van der Waals surface area contributed by atoms with E-state index in [2.05, 4.69) is 10.5 Å². The van der Waals surface area contributed by atoms with Gasteiger partial charge in [0.15, 0.2) is 0 Å². The molecule has 0 fully saturated rings. The van der Waals surface area contributed by atoms with Crippen LogP contribution >= 0.6 is 11.6 Å². The maximum atomic E-state index is 9.12. The molecule has 0 aliphatic carbocycles. The van der Waals surface area contributed by atoms with Gasteiger partial charge in [-0.2, -0.15) is 5.10 Å². The normalized spacial score (nSPS) is 10.6. The van der Waals surface area contributed by atoms with Crippen LogP contribution in [-0.2, 0) is 0 Å². The Hall–Kier alpha value is -2.00. The molecule has 0 atom stereocenters. The minimum absolute atomic E-state index is 0.241. The smallest absolute Gasteiger partial charge is 0.115 e. The summed E-state index contributed by atoms with van der Waals surface area (Å²) in [5, 5.41) is 13.8. The molecule has 0 saturated carbocycles. The third-order valence-corrected chi connectivity index (χ3v) is 2.36. The van der Waals surface area contributed by atoms with E-state index in [4.69, 9.17) is 16.7 Å². The van der Waals surface area contributed by atoms with Crippen molar-refractivity contribution in [3.05, 3.63) is 59.1 Å². The first kappa shape index (κ1) is 11.5. The lowest BCUT2D eigenvalue weighted by molar-refractivity contribution is 0.475. The third-order valence-electron chi connectivity index (χ3n) is 2.12. The van der Waals surface area contributed by atoms with Gasteiger partial charge in [-0.05, 0) is 48.0 Å². The molecule has 0 aromatic heterocycles. The van der Waals surface area contributed by atoms with E-state index in [1.807, 2.05) is 12.1 Å². The van der Waals surface area contributed by atoms with Crippen LogP contribution in [0.2, 0.25) is 5.02 Å². The lowest BCUT2D eigenvalue weighted by Gasteiger charge is -2.00. The zero-order valence-corrected chi connectivity index (χ0v) is 9.72. The number of benzene rings is 2. The summed E-state index contributed by atoms with van der Waals surface area (Å²) in [4.78, 5) is 0. The molecule has 0 aliphatic heterocycles. The molecular weight excluding hydrogens is 236 g/mol. The summed E-state index contributed by atoms with van der Waals surface area (Å²) in [5.74, 6) is 0.241. The lowest BCUT2D eigenvalue weighted by Crippen LogP contribution is -1.90. The molecule has 0 saturated heterocycles. The molecule has 86 valence electrons. The number of anilines is 1. The average molecular weight is 247 g/mol. The summed E-state index contributed by atoms with van der Waals surface area (Å²) < 4.78 is 0. The molecule has 17 heavy (non-hydrogen) atoms. The molecule has 4 heteroatoms. The number of hydrogen-bond donors (Lipinski definition) is 2. The van der Waals surface area contributed by atoms with E-state index < -0.39 is 0 Å². The quantitative estimate of drug-likeness (QED) is 0.643. The number of phenolic OH excluding ortho intramolecular Hbond substituents is 1. The number of hydrogen-bond acceptors (Lipinski definition) is 3. The van der Waals surface area contributed by atoms with Gasteiger partial charge in [-0.25, -0.2) is 0 Å². The van der Waals surface area contributed by atoms with Crippen molar-refractivity contribution in [1.29, 1.82) is 0 Å². The van der Waals surface area contributed by atoms with Crippen molar-refractivity contribution >= 4 is 23.5 Å². The Morgan fingerprint density at radius 2 is 1.88 bits per heavy atom. The molecule has 2 aromatic carbocycles. The van der Waals surface area contributed by atoms with Crippen LogP contribution in [0.5, 0.6) is 5.75 Å². The van der Waals surface area contributed by atoms with Gasteiger partial charge < -0.3 is 5.11 Å². The summed E-state index contributed by atoms with van der Waals surface area (Å²) in [5.41, 5.74) is 4.60. The van der Waals surface area contributed by atoms with Crippen LogP contribution in [0.25, 0.3) is 0 Å². The number of phenols is 1. The second kappa shape index (κ2) is 5.37. The van der Waals surface area contributed by atoms with Crippen molar-refractivity contribution in [2.45, 2.75) is 0 Å². The highest BCUT2D eigenvalue weighted by atomic mass is 35.5. The molecule has 0 radical (unpaired) electrons. The minimum atomic E-state index is 0.241. The van der Waals surface area contributed by atoms with Crippen molar-refractivity contribution in [3.63, 3.8) is 0 Å². The first-order valence-electron chi connectivity index (χ1n) is 5.08. The second-order valence-electron chi connectivity index (χ2n) is 3.47. The standard InChI is InChI=1S/C13H11ClN2O/c14-11-2-1-3-12(8-11)16-15-9-10-4-6-13(17)7-5-10/h1-9,16-17H. The first-order valence-corrected chi connectivity index (χ1v) is 5.45. The SMILES string of the molecule is Oc1ccc(C=NNc2cccc(Cl)c2)cc1. The summed E-state index contributed by atoms with van der Waals surface area (Å²) in [6.07, 6.45) is 1.67. The second-order valence-corrected chi connectivity index (χ2v) is 3.91. The Labute approximate surface area is 104 Å². The van der Waals surface area contributed by atoms with E-state index in [-0.39, 0.29) is 5.75 Å². The van der Waals surface area contributed by atoms with Crippen molar-refractivity contribution in [3.8, 4) is 5.75 Å². The number of nitrogens with zero attached hydrogens (tertiary/aromatic N) is 1. The van der Waals surface area contributed by atoms with Crippen LogP contribution in [0, 0.1) is 0 Å². The van der Waals surface area contributed by atoms with Crippen molar-refractivity contribution < 1.29 is 5.11 Å². The summed E-state index contributed by atoms with van der Waals surface area (Å²) in [6.45, 7) is 0. The van der Waals surface area contributed by atoms with Gasteiger partial charge in [0.2, 0.25) is 0 Å². The Morgan fingerprint density at radius 1 is 1.12 bits per heavy atom. The van der Waals surface area contributed by atoms with Crippen molar-refractivity contribution in [2.75, 3.05) is 5.43 Å². The Balaban J connectivity index is 2.00. The van der Waals surface area contributed by atoms with Crippen LogP contribution in [0.3, 0.4) is 0 Å². The fourth-order valence-corrected chi connectivity index (χ4v) is 1.49. The molecule has 0 aliphatic rings. The molecule has 2 aromatic rings. The number of hydrazone groups is 1. The van der Waals surface area contributed by atoms with Gasteiger partial charge in [0.25, 0.3) is 0 Å². The van der Waals surface area contributed by atoms with E-state index in [1.165, 1.54) is 0 Å². The highest BCUT2D eigenvalue weighted by molar-refractivity contribution is 6.30. The van der Waals surface area contributed by atoms with Gasteiger partial charge in [0, 0.05) is 5.02 Å². The average Bonchev–Trinajstić information content (AvgIpc) is 2.32. The highest BCUT2D eigenvalue weighted by Gasteiger charge is 1.91. The third kappa shape index (κ3) is 3.50. The Kier molecular flexibility index (Phi) is 3.62. The number of aromatic hydroxyl groups is 1. The molecule has 0 amide bonds. The van der Waals surface area contributed by atoms with Crippen LogP contribution in [0.4, 0.5) is 5.69 Å². The number of halogens is 1. The van der Waals surface area contributed by atoms with E-state index in [9.17, 15) is 0 Å². The molecule has 0 spiro atoms. The van der Waals surface area contributed by atoms with Crippen LogP contribution < -0.4 is 5.43 Å². The predicted molar refractivity (Wildman–Crippen MR) is 70.8 cm³/mol. The highest BCUT2D eigenvalue weighted by Crippen LogP contribution is 2.14. The van der Waals surface area contributed by atoms with E-state index in [1.54, 1.807) is 42.6 Å². The molecule has 0 unspecified atom stereocenters. The number of rotatable bonds is 3. The predicted octanol–water partition coefficient (Wildman–Crippen LogP) is 3.49. The summed E-state index contributed by atoms with van der Waals surface area (Å²) >= 11 is 5.84. The molecule has 0 heterocycles. The van der Waals surface area contributed by atoms with E-state index in [0.29, 0.717) is 5.02 Å². The van der Waals surface area contributed by atoms with Crippen LogP contribution in [0.1, 0.15) is 5.56 Å². The van der Waals surface area contributed by atoms with Crippen LogP contribution in [0.15, 0.2) is 53.6 Å². The first-order chi connectivity index (χ1) is 8.24. The minimum Gasteiger partial charge on any atom is -0.508 e. The van der Waals surface area contributed by atoms with Gasteiger partial charge in [-0.15, -0.1) is 0 Å². The number of nitrogens with one attached hydrogen (secondary N) is 1.